The molecule has 0 amide bonds. The molecule has 7 heteroatoms. The van der Waals surface area contributed by atoms with E-state index in [9.17, 15) is 8.42 Å². The van der Waals surface area contributed by atoms with Crippen molar-refractivity contribution in [2.24, 2.45) is 14.8 Å². The monoisotopic (exact) mass is 167 g/mol. The maximum Gasteiger partial charge on any atom is 0.225 e. The molecular formula is C2H5N3O2S2. The molecule has 0 aromatic heterocycles. The molecule has 0 aromatic carbocycles. The van der Waals surface area contributed by atoms with Crippen LogP contribution in [0.5, 0.6) is 0 Å². The minimum absolute atomic E-state index is 0.184. The minimum atomic E-state index is -3.43. The van der Waals surface area contributed by atoms with Crippen LogP contribution >= 0.6 is 11.9 Å². The fourth-order valence-corrected chi connectivity index (χ4v) is 1.62. The highest BCUT2D eigenvalue weighted by molar-refractivity contribution is 8.12. The molecule has 0 aliphatic carbocycles. The predicted molar refractivity (Wildman–Crippen MR) is 34.2 cm³/mol. The van der Waals surface area contributed by atoms with E-state index in [0.29, 0.717) is 0 Å². The fourth-order valence-electron chi connectivity index (χ4n) is 0.383. The quantitative estimate of drug-likeness (QED) is 0.545. The van der Waals surface area contributed by atoms with Gasteiger partial charge < -0.3 is 0 Å². The Morgan fingerprint density at radius 1 is 1.67 bits per heavy atom. The van der Waals surface area contributed by atoms with Gasteiger partial charge in [0.05, 0.1) is 6.54 Å². The topological polar surface area (TPSA) is 84.9 Å². The summed E-state index contributed by atoms with van der Waals surface area (Å²) in [5, 5.41) is 8.23. The first kappa shape index (κ1) is 6.97. The summed E-state index contributed by atoms with van der Waals surface area (Å²) in [6.07, 6.45) is 0. The van der Waals surface area contributed by atoms with Gasteiger partial charge in [-0.15, -0.1) is 4.52 Å². The first-order valence-electron chi connectivity index (χ1n) is 2.15. The van der Waals surface area contributed by atoms with Crippen LogP contribution in [-0.4, -0.2) is 19.5 Å². The highest BCUT2D eigenvalue weighted by Gasteiger charge is 2.25. The number of rotatable bonds is 1. The van der Waals surface area contributed by atoms with Gasteiger partial charge in [0.25, 0.3) is 0 Å². The van der Waals surface area contributed by atoms with E-state index in [-0.39, 0.29) is 6.54 Å². The highest BCUT2D eigenvalue weighted by atomic mass is 32.3. The van der Waals surface area contributed by atoms with Crippen LogP contribution in [0.25, 0.3) is 0 Å². The average Bonchev–Trinajstić information content (AvgIpc) is 2.08. The van der Waals surface area contributed by atoms with Crippen LogP contribution in [-0.2, 0) is 10.0 Å². The summed E-state index contributed by atoms with van der Waals surface area (Å²) in [5.74, 6) is 0. The molecule has 0 spiro atoms. The molecule has 0 aromatic rings. The van der Waals surface area contributed by atoms with Crippen molar-refractivity contribution < 1.29 is 8.42 Å². The molecule has 0 radical (unpaired) electrons. The molecule has 0 bridgehead atoms. The summed E-state index contributed by atoms with van der Waals surface area (Å²) < 4.78 is 23.7. The van der Waals surface area contributed by atoms with Gasteiger partial charge in [-0.1, -0.05) is 0 Å². The summed E-state index contributed by atoms with van der Waals surface area (Å²) in [4.78, 5) is 0. The highest BCUT2D eigenvalue weighted by Crippen LogP contribution is 2.22. The van der Waals surface area contributed by atoms with Gasteiger partial charge in [0.1, 0.15) is 0 Å². The van der Waals surface area contributed by atoms with Crippen molar-refractivity contribution in [3.05, 3.63) is 0 Å². The summed E-state index contributed by atoms with van der Waals surface area (Å²) in [7, 11) is -3.43. The number of primary sulfonamides is 1. The Bertz CT molecular complexity index is 212. The second kappa shape index (κ2) is 2.24. The molecule has 9 heavy (non-hydrogen) atoms. The Kier molecular flexibility index (Phi) is 1.73. The van der Waals surface area contributed by atoms with Crippen LogP contribution in [0.4, 0.5) is 0 Å². The third kappa shape index (κ3) is 1.63. The van der Waals surface area contributed by atoms with Gasteiger partial charge in [-0.3, -0.25) is 0 Å². The zero-order valence-electron chi connectivity index (χ0n) is 4.39. The van der Waals surface area contributed by atoms with Crippen LogP contribution < -0.4 is 5.14 Å². The van der Waals surface area contributed by atoms with Crippen molar-refractivity contribution in [2.45, 2.75) is 4.58 Å². The summed E-state index contributed by atoms with van der Waals surface area (Å²) in [6, 6.07) is 0. The number of nitrogens with two attached hydrogens (primary N) is 1. The van der Waals surface area contributed by atoms with Crippen LogP contribution in [0.1, 0.15) is 0 Å². The van der Waals surface area contributed by atoms with Crippen molar-refractivity contribution in [1.82, 2.24) is 0 Å². The SMILES string of the molecule is NS(=O)(=O)C1CN=NS1. The summed E-state index contributed by atoms with van der Waals surface area (Å²) >= 11 is 0.895. The number of nitrogens with zero attached hydrogens (tertiary/aromatic N) is 2. The molecule has 0 saturated heterocycles. The maximum atomic E-state index is 10.5. The van der Waals surface area contributed by atoms with E-state index >= 15 is 0 Å². The third-order valence-corrected chi connectivity index (χ3v) is 3.36. The molecule has 1 atom stereocenters. The standard InChI is InChI=1S/C2H5N3O2S2/c3-9(6,7)2-1-4-5-8-2/h2H,1H2,(H2,3,6,7). The Hall–Kier alpha value is -0.140. The zero-order chi connectivity index (χ0) is 6.91. The van der Waals surface area contributed by atoms with Crippen LogP contribution in [0.3, 0.4) is 0 Å². The van der Waals surface area contributed by atoms with Crippen LogP contribution in [0.2, 0.25) is 0 Å². The fraction of sp³-hybridized carbons (Fsp3) is 1.00. The van der Waals surface area contributed by atoms with Gasteiger partial charge in [0, 0.05) is 11.9 Å². The zero-order valence-corrected chi connectivity index (χ0v) is 6.02. The molecule has 0 fully saturated rings. The lowest BCUT2D eigenvalue weighted by Crippen LogP contribution is -2.25. The molecule has 5 nitrogen and oxygen atoms in total. The molecule has 1 heterocycles. The van der Waals surface area contributed by atoms with Gasteiger partial charge in [-0.2, -0.15) is 5.11 Å². The Balaban J connectivity index is 2.68. The third-order valence-electron chi connectivity index (χ3n) is 0.820. The van der Waals surface area contributed by atoms with Gasteiger partial charge in [0.2, 0.25) is 10.0 Å². The van der Waals surface area contributed by atoms with E-state index in [1.54, 1.807) is 0 Å². The molecule has 52 valence electrons. The Morgan fingerprint density at radius 2 is 2.33 bits per heavy atom. The normalized spacial score (nSPS) is 27.0. The maximum absolute atomic E-state index is 10.5. The molecular weight excluding hydrogens is 162 g/mol. The van der Waals surface area contributed by atoms with Gasteiger partial charge in [0.15, 0.2) is 4.58 Å². The largest absolute Gasteiger partial charge is 0.228 e. The summed E-state index contributed by atoms with van der Waals surface area (Å²) in [6.45, 7) is 0.184. The van der Waals surface area contributed by atoms with Gasteiger partial charge in [-0.25, -0.2) is 13.6 Å². The molecule has 0 saturated carbocycles. The van der Waals surface area contributed by atoms with Crippen molar-refractivity contribution in [2.75, 3.05) is 6.54 Å². The van der Waals surface area contributed by atoms with Crippen LogP contribution in [0.15, 0.2) is 9.63 Å². The predicted octanol–water partition coefficient (Wildman–Crippen LogP) is -0.285. The first-order valence-corrected chi connectivity index (χ1v) is 4.59. The van der Waals surface area contributed by atoms with E-state index in [4.69, 9.17) is 5.14 Å². The van der Waals surface area contributed by atoms with E-state index in [2.05, 4.69) is 9.63 Å². The molecule has 1 aliphatic heterocycles. The number of sulfonamides is 1. The van der Waals surface area contributed by atoms with Crippen LogP contribution in [0, 0.1) is 0 Å². The second-order valence-electron chi connectivity index (χ2n) is 1.53. The lowest BCUT2D eigenvalue weighted by molar-refractivity contribution is 0.595. The van der Waals surface area contributed by atoms with Gasteiger partial charge in [-0.05, 0) is 0 Å². The van der Waals surface area contributed by atoms with Crippen molar-refractivity contribution in [3.63, 3.8) is 0 Å². The van der Waals surface area contributed by atoms with E-state index in [1.165, 1.54) is 0 Å². The average molecular weight is 167 g/mol. The molecule has 1 aliphatic rings. The van der Waals surface area contributed by atoms with Crippen molar-refractivity contribution in [1.29, 1.82) is 0 Å². The summed E-state index contributed by atoms with van der Waals surface area (Å²) in [5.41, 5.74) is 0. The smallest absolute Gasteiger partial charge is 0.225 e. The van der Waals surface area contributed by atoms with E-state index < -0.39 is 14.6 Å². The molecule has 1 unspecified atom stereocenters. The Morgan fingerprint density at radius 3 is 2.56 bits per heavy atom. The lowest BCUT2D eigenvalue weighted by Gasteiger charge is -1.98. The minimum Gasteiger partial charge on any atom is -0.228 e. The van der Waals surface area contributed by atoms with Gasteiger partial charge >= 0.3 is 0 Å². The number of hydrogen-bond donors (Lipinski definition) is 1. The van der Waals surface area contributed by atoms with E-state index in [1.807, 2.05) is 0 Å². The molecule has 2 N–H and O–H groups in total. The first-order chi connectivity index (χ1) is 4.11. The van der Waals surface area contributed by atoms with Crippen molar-refractivity contribution >= 4 is 22.0 Å². The Labute approximate surface area is 56.9 Å². The van der Waals surface area contributed by atoms with Crippen molar-refractivity contribution in [3.8, 4) is 0 Å². The second-order valence-corrected chi connectivity index (χ2v) is 4.52. The number of hydrogen-bond acceptors (Lipinski definition) is 5. The molecule has 1 rings (SSSR count). The van der Waals surface area contributed by atoms with E-state index in [0.717, 1.165) is 11.9 Å². The lowest BCUT2D eigenvalue weighted by atomic mass is 10.8.